The van der Waals surface area contributed by atoms with Gasteiger partial charge in [0, 0.05) is 12.0 Å². The molecule has 0 saturated heterocycles. The molecule has 0 spiro atoms. The molecule has 0 N–H and O–H groups in total. The Hall–Kier alpha value is -2.23. The molecule has 0 heterocycles. The molecule has 20 heavy (non-hydrogen) atoms. The summed E-state index contributed by atoms with van der Waals surface area (Å²) in [5, 5.41) is 0. The van der Waals surface area contributed by atoms with Crippen molar-refractivity contribution in [2.24, 2.45) is 0 Å². The van der Waals surface area contributed by atoms with E-state index < -0.39 is 11.6 Å². The Labute approximate surface area is 115 Å². The molecule has 2 aromatic rings. The maximum atomic E-state index is 13.1. The van der Waals surface area contributed by atoms with Gasteiger partial charge in [-0.2, -0.15) is 0 Å². The van der Waals surface area contributed by atoms with Gasteiger partial charge in [-0.1, -0.05) is 6.07 Å². The van der Waals surface area contributed by atoms with E-state index in [2.05, 4.69) is 0 Å². The van der Waals surface area contributed by atoms with Crippen LogP contribution < -0.4 is 4.74 Å². The Morgan fingerprint density at radius 2 is 1.85 bits per heavy atom. The third-order valence-corrected chi connectivity index (χ3v) is 3.39. The van der Waals surface area contributed by atoms with E-state index in [1.807, 2.05) is 6.07 Å². The van der Waals surface area contributed by atoms with Crippen molar-refractivity contribution in [2.45, 2.75) is 19.4 Å². The SMILES string of the molecule is O=C1CCc2cc(OCc3ccc(F)c(F)c3)ccc21. The quantitative estimate of drug-likeness (QED) is 0.853. The second-order valence-corrected chi connectivity index (χ2v) is 4.78. The van der Waals surface area contributed by atoms with E-state index >= 15 is 0 Å². The number of aryl methyl sites for hydroxylation is 1. The molecule has 0 aromatic heterocycles. The fourth-order valence-corrected chi connectivity index (χ4v) is 2.32. The van der Waals surface area contributed by atoms with Gasteiger partial charge in [-0.25, -0.2) is 8.78 Å². The average molecular weight is 274 g/mol. The van der Waals surface area contributed by atoms with Gasteiger partial charge in [0.15, 0.2) is 17.4 Å². The molecule has 0 fully saturated rings. The number of Topliss-reactive ketones (excluding diaryl/α,β-unsaturated/α-hetero) is 1. The van der Waals surface area contributed by atoms with E-state index in [9.17, 15) is 13.6 Å². The summed E-state index contributed by atoms with van der Waals surface area (Å²) in [5.41, 5.74) is 2.29. The van der Waals surface area contributed by atoms with Gasteiger partial charge in [-0.15, -0.1) is 0 Å². The highest BCUT2D eigenvalue weighted by Gasteiger charge is 2.19. The summed E-state index contributed by atoms with van der Waals surface area (Å²) in [5.74, 6) is -0.967. The van der Waals surface area contributed by atoms with Crippen molar-refractivity contribution in [1.29, 1.82) is 0 Å². The minimum absolute atomic E-state index is 0.157. The van der Waals surface area contributed by atoms with Crippen molar-refractivity contribution in [2.75, 3.05) is 0 Å². The zero-order valence-electron chi connectivity index (χ0n) is 10.7. The van der Waals surface area contributed by atoms with Crippen LogP contribution in [0.2, 0.25) is 0 Å². The molecule has 0 aliphatic heterocycles. The monoisotopic (exact) mass is 274 g/mol. The number of carbonyl (C=O) groups is 1. The number of hydrogen-bond acceptors (Lipinski definition) is 2. The maximum Gasteiger partial charge on any atom is 0.163 e. The zero-order valence-corrected chi connectivity index (χ0v) is 10.7. The van der Waals surface area contributed by atoms with E-state index in [4.69, 9.17) is 4.74 Å². The number of carbonyl (C=O) groups excluding carboxylic acids is 1. The van der Waals surface area contributed by atoms with E-state index in [1.165, 1.54) is 6.07 Å². The van der Waals surface area contributed by atoms with E-state index in [0.717, 1.165) is 29.7 Å². The lowest BCUT2D eigenvalue weighted by atomic mass is 10.1. The molecular weight excluding hydrogens is 262 g/mol. The molecule has 102 valence electrons. The van der Waals surface area contributed by atoms with Gasteiger partial charge in [-0.05, 0) is 47.9 Å². The zero-order chi connectivity index (χ0) is 14.1. The minimum Gasteiger partial charge on any atom is -0.489 e. The van der Waals surface area contributed by atoms with Crippen LogP contribution in [0, 0.1) is 11.6 Å². The number of ketones is 1. The third kappa shape index (κ3) is 2.41. The first kappa shape index (κ1) is 12.8. The molecule has 2 aromatic carbocycles. The Kier molecular flexibility index (Phi) is 3.22. The molecule has 0 radical (unpaired) electrons. The van der Waals surface area contributed by atoms with Crippen molar-refractivity contribution >= 4 is 5.78 Å². The topological polar surface area (TPSA) is 26.3 Å². The molecule has 0 unspecified atom stereocenters. The van der Waals surface area contributed by atoms with Crippen molar-refractivity contribution in [3.05, 3.63) is 64.7 Å². The number of fused-ring (bicyclic) bond motifs is 1. The molecule has 0 atom stereocenters. The molecule has 2 nitrogen and oxygen atoms in total. The van der Waals surface area contributed by atoms with Crippen molar-refractivity contribution in [3.63, 3.8) is 0 Å². The number of rotatable bonds is 3. The van der Waals surface area contributed by atoms with Gasteiger partial charge in [0.05, 0.1) is 0 Å². The van der Waals surface area contributed by atoms with Gasteiger partial charge < -0.3 is 4.74 Å². The van der Waals surface area contributed by atoms with Gasteiger partial charge in [0.1, 0.15) is 12.4 Å². The third-order valence-electron chi connectivity index (χ3n) is 3.39. The predicted molar refractivity (Wildman–Crippen MR) is 69.8 cm³/mol. The fourth-order valence-electron chi connectivity index (χ4n) is 2.32. The van der Waals surface area contributed by atoms with Crippen molar-refractivity contribution in [3.8, 4) is 5.75 Å². The largest absolute Gasteiger partial charge is 0.489 e. The number of benzene rings is 2. The highest BCUT2D eigenvalue weighted by molar-refractivity contribution is 6.00. The smallest absolute Gasteiger partial charge is 0.163 e. The Morgan fingerprint density at radius 1 is 1.00 bits per heavy atom. The molecule has 0 bridgehead atoms. The molecule has 1 aliphatic rings. The van der Waals surface area contributed by atoms with Crippen molar-refractivity contribution < 1.29 is 18.3 Å². The number of halogens is 2. The van der Waals surface area contributed by atoms with E-state index in [1.54, 1.807) is 12.1 Å². The molecule has 3 rings (SSSR count). The van der Waals surface area contributed by atoms with E-state index in [-0.39, 0.29) is 12.4 Å². The molecule has 0 saturated carbocycles. The highest BCUT2D eigenvalue weighted by atomic mass is 19.2. The molecule has 4 heteroatoms. The van der Waals surface area contributed by atoms with Crippen LogP contribution in [-0.2, 0) is 13.0 Å². The lowest BCUT2D eigenvalue weighted by Crippen LogP contribution is -1.98. The first-order chi connectivity index (χ1) is 9.63. The summed E-state index contributed by atoms with van der Waals surface area (Å²) in [4.78, 5) is 11.5. The van der Waals surface area contributed by atoms with Gasteiger partial charge in [-0.3, -0.25) is 4.79 Å². The summed E-state index contributed by atoms with van der Waals surface area (Å²) in [6, 6.07) is 8.99. The van der Waals surface area contributed by atoms with Crippen LogP contribution in [0.4, 0.5) is 8.78 Å². The van der Waals surface area contributed by atoms with Crippen LogP contribution >= 0.6 is 0 Å². The highest BCUT2D eigenvalue weighted by Crippen LogP contribution is 2.26. The molecule has 1 aliphatic carbocycles. The van der Waals surface area contributed by atoms with Crippen LogP contribution in [0.5, 0.6) is 5.75 Å². The standard InChI is InChI=1S/C16H12F2O2/c17-14-5-1-10(7-15(14)18)9-20-12-3-4-13-11(8-12)2-6-16(13)19/h1,3-5,7-8H,2,6,9H2. The second kappa shape index (κ2) is 5.04. The lowest BCUT2D eigenvalue weighted by Gasteiger charge is -2.08. The van der Waals surface area contributed by atoms with Gasteiger partial charge in [0.2, 0.25) is 0 Å². The summed E-state index contributed by atoms with van der Waals surface area (Å²) in [6.45, 7) is 0.157. The Balaban J connectivity index is 1.72. The summed E-state index contributed by atoms with van der Waals surface area (Å²) >= 11 is 0. The van der Waals surface area contributed by atoms with Crippen molar-refractivity contribution in [1.82, 2.24) is 0 Å². The van der Waals surface area contributed by atoms with Gasteiger partial charge >= 0.3 is 0 Å². The van der Waals surface area contributed by atoms with Crippen LogP contribution in [0.3, 0.4) is 0 Å². The molecular formula is C16H12F2O2. The first-order valence-corrected chi connectivity index (χ1v) is 6.36. The second-order valence-electron chi connectivity index (χ2n) is 4.78. The molecule has 0 amide bonds. The fraction of sp³-hybridized carbons (Fsp3) is 0.188. The lowest BCUT2D eigenvalue weighted by molar-refractivity contribution is 0.0994. The van der Waals surface area contributed by atoms with E-state index in [0.29, 0.717) is 17.7 Å². The Bertz CT molecular complexity index is 680. The average Bonchev–Trinajstić information content (AvgIpc) is 2.81. The minimum atomic E-state index is -0.884. The number of ether oxygens (including phenoxy) is 1. The van der Waals surface area contributed by atoms with Crippen LogP contribution in [-0.4, -0.2) is 5.78 Å². The van der Waals surface area contributed by atoms with Crippen LogP contribution in [0.1, 0.15) is 27.9 Å². The maximum absolute atomic E-state index is 13.1. The first-order valence-electron chi connectivity index (χ1n) is 6.36. The van der Waals surface area contributed by atoms with Gasteiger partial charge in [0.25, 0.3) is 0 Å². The van der Waals surface area contributed by atoms with Crippen LogP contribution in [0.15, 0.2) is 36.4 Å². The number of hydrogen-bond donors (Lipinski definition) is 0. The Morgan fingerprint density at radius 3 is 2.65 bits per heavy atom. The summed E-state index contributed by atoms with van der Waals surface area (Å²) < 4.78 is 31.4. The normalized spacial score (nSPS) is 13.4. The summed E-state index contributed by atoms with van der Waals surface area (Å²) in [6.07, 6.45) is 1.28. The predicted octanol–water partition coefficient (Wildman–Crippen LogP) is 3.67. The summed E-state index contributed by atoms with van der Waals surface area (Å²) in [7, 11) is 0. The van der Waals surface area contributed by atoms with Crippen LogP contribution in [0.25, 0.3) is 0 Å².